The molecule has 0 aliphatic carbocycles. The minimum Gasteiger partial charge on any atom is -0.384 e. The first-order chi connectivity index (χ1) is 15.2. The number of carbonyl (C=O) groups excluding carboxylic acids is 1. The molecule has 10 heteroatoms. The van der Waals surface area contributed by atoms with Crippen molar-refractivity contribution in [2.75, 3.05) is 17.7 Å². The van der Waals surface area contributed by atoms with Crippen molar-refractivity contribution in [3.8, 4) is 17.5 Å². The third-order valence-corrected chi connectivity index (χ3v) is 5.90. The lowest BCUT2D eigenvalue weighted by Gasteiger charge is -2.20. The van der Waals surface area contributed by atoms with Crippen molar-refractivity contribution in [2.45, 2.75) is 31.3 Å². The van der Waals surface area contributed by atoms with Crippen LogP contribution in [-0.4, -0.2) is 43.6 Å². The topological polar surface area (TPSA) is 92.9 Å². The molecule has 3 rings (SSSR count). The summed E-state index contributed by atoms with van der Waals surface area (Å²) in [4.78, 5) is 12.4. The maximum Gasteiger partial charge on any atom is 0.234 e. The Kier molecular flexibility index (Phi) is 7.80. The van der Waals surface area contributed by atoms with Crippen LogP contribution < -0.4 is 5.32 Å². The number of aromatic nitrogens is 4. The molecule has 1 aromatic heterocycles. The number of thioether (sulfide) groups is 1. The van der Waals surface area contributed by atoms with Crippen molar-refractivity contribution >= 4 is 46.6 Å². The molecule has 0 radical (unpaired) electrons. The van der Waals surface area contributed by atoms with Gasteiger partial charge in [0, 0.05) is 5.56 Å². The third-order valence-electron chi connectivity index (χ3n) is 4.37. The summed E-state index contributed by atoms with van der Waals surface area (Å²) in [6, 6.07) is 10.7. The molecule has 0 aliphatic rings. The van der Waals surface area contributed by atoms with Gasteiger partial charge in [0.25, 0.3) is 0 Å². The summed E-state index contributed by atoms with van der Waals surface area (Å²) in [6.07, 6.45) is 0. The Morgan fingerprint density at radius 1 is 1.19 bits per heavy atom. The number of hydrogen-bond acceptors (Lipinski definition) is 6. The summed E-state index contributed by atoms with van der Waals surface area (Å²) in [7, 11) is 0. The van der Waals surface area contributed by atoms with Crippen molar-refractivity contribution in [1.29, 1.82) is 0 Å². The highest BCUT2D eigenvalue weighted by molar-refractivity contribution is 7.99. The average Bonchev–Trinajstić information content (AvgIpc) is 3.20. The van der Waals surface area contributed by atoms with Crippen molar-refractivity contribution in [3.05, 3.63) is 57.6 Å². The Morgan fingerprint density at radius 2 is 1.97 bits per heavy atom. The van der Waals surface area contributed by atoms with Gasteiger partial charge in [-0.3, -0.25) is 4.79 Å². The van der Waals surface area contributed by atoms with Crippen molar-refractivity contribution < 1.29 is 9.90 Å². The number of tetrazole rings is 1. The molecule has 0 atom stereocenters. The van der Waals surface area contributed by atoms with Gasteiger partial charge in [-0.05, 0) is 51.7 Å². The minimum atomic E-state index is -0.269. The van der Waals surface area contributed by atoms with E-state index in [4.69, 9.17) is 28.3 Å². The standard InChI is InChI=1S/C22H21Cl2N5O2S/c1-22(2,3)15-7-9-19(17(24)12-15)29-21(26-27-28-29)32-13-20(31)25-18-8-6-14(5-4-10-30)11-16(18)23/h6-9,11-12,30H,10,13H2,1-3H3,(H,25,31). The minimum absolute atomic E-state index is 0.0384. The molecule has 0 saturated carbocycles. The Bertz CT molecular complexity index is 1200. The molecule has 2 N–H and O–H groups in total. The second kappa shape index (κ2) is 10.4. The highest BCUT2D eigenvalue weighted by Gasteiger charge is 2.18. The number of nitrogens with zero attached hydrogens (tertiary/aromatic N) is 4. The first-order valence-corrected chi connectivity index (χ1v) is 11.3. The second-order valence-corrected chi connectivity index (χ2v) is 9.54. The lowest BCUT2D eigenvalue weighted by Crippen LogP contribution is -2.15. The number of halogens is 2. The Labute approximate surface area is 200 Å². The van der Waals surface area contributed by atoms with Crippen LogP contribution in [0.4, 0.5) is 5.69 Å². The Morgan fingerprint density at radius 3 is 2.62 bits per heavy atom. The molecule has 0 aliphatic heterocycles. The number of rotatable bonds is 5. The van der Waals surface area contributed by atoms with E-state index in [0.29, 0.717) is 32.1 Å². The van der Waals surface area contributed by atoms with Gasteiger partial charge >= 0.3 is 0 Å². The van der Waals surface area contributed by atoms with Gasteiger partial charge in [-0.1, -0.05) is 73.6 Å². The van der Waals surface area contributed by atoms with Crippen LogP contribution in [0, 0.1) is 11.8 Å². The molecule has 1 amide bonds. The van der Waals surface area contributed by atoms with E-state index in [1.54, 1.807) is 18.2 Å². The Hall–Kier alpha value is -2.57. The number of anilines is 1. The smallest absolute Gasteiger partial charge is 0.234 e. The largest absolute Gasteiger partial charge is 0.384 e. The molecule has 3 aromatic rings. The molecule has 0 spiro atoms. The van der Waals surface area contributed by atoms with Crippen LogP contribution >= 0.6 is 35.0 Å². The third kappa shape index (κ3) is 6.02. The lowest BCUT2D eigenvalue weighted by molar-refractivity contribution is -0.113. The number of amides is 1. The van der Waals surface area contributed by atoms with Gasteiger partial charge in [0.1, 0.15) is 6.61 Å². The van der Waals surface area contributed by atoms with Gasteiger partial charge in [-0.25, -0.2) is 0 Å². The zero-order chi connectivity index (χ0) is 23.3. The van der Waals surface area contributed by atoms with Crippen LogP contribution in [0.2, 0.25) is 10.0 Å². The van der Waals surface area contributed by atoms with E-state index in [1.165, 1.54) is 16.4 Å². The maximum atomic E-state index is 12.4. The first kappa shape index (κ1) is 24.1. The van der Waals surface area contributed by atoms with Crippen LogP contribution in [0.1, 0.15) is 31.9 Å². The number of carbonyl (C=O) groups is 1. The molecule has 0 bridgehead atoms. The molecule has 0 unspecified atom stereocenters. The molecule has 7 nitrogen and oxygen atoms in total. The fourth-order valence-electron chi connectivity index (χ4n) is 2.72. The van der Waals surface area contributed by atoms with Crippen molar-refractivity contribution in [1.82, 2.24) is 20.2 Å². The zero-order valence-corrected chi connectivity index (χ0v) is 20.0. The van der Waals surface area contributed by atoms with E-state index >= 15 is 0 Å². The normalized spacial score (nSPS) is 11.1. The Balaban J connectivity index is 1.68. The zero-order valence-electron chi connectivity index (χ0n) is 17.7. The van der Waals surface area contributed by atoms with E-state index in [9.17, 15) is 4.79 Å². The fourth-order valence-corrected chi connectivity index (χ4v) is 3.89. The highest BCUT2D eigenvalue weighted by atomic mass is 35.5. The lowest BCUT2D eigenvalue weighted by atomic mass is 9.87. The molecular weight excluding hydrogens is 469 g/mol. The van der Waals surface area contributed by atoms with E-state index in [-0.39, 0.29) is 23.7 Å². The summed E-state index contributed by atoms with van der Waals surface area (Å²) in [5, 5.41) is 24.6. The van der Waals surface area contributed by atoms with Crippen LogP contribution in [0.15, 0.2) is 41.6 Å². The van der Waals surface area contributed by atoms with E-state index in [0.717, 1.165) is 5.56 Å². The summed E-state index contributed by atoms with van der Waals surface area (Å²) >= 11 is 13.9. The quantitative estimate of drug-likeness (QED) is 0.408. The molecule has 32 heavy (non-hydrogen) atoms. The SMILES string of the molecule is CC(C)(C)c1ccc(-n2nnnc2SCC(=O)Nc2ccc(C#CCO)cc2Cl)c(Cl)c1. The summed E-state index contributed by atoms with van der Waals surface area (Å²) < 4.78 is 1.51. The van der Waals surface area contributed by atoms with Crippen LogP contribution in [0.3, 0.4) is 0 Å². The molecule has 0 saturated heterocycles. The summed E-state index contributed by atoms with van der Waals surface area (Å²) in [5.74, 6) is 5.11. The van der Waals surface area contributed by atoms with Crippen molar-refractivity contribution in [3.63, 3.8) is 0 Å². The monoisotopic (exact) mass is 489 g/mol. The van der Waals surface area contributed by atoms with Gasteiger partial charge in [-0.15, -0.1) is 5.10 Å². The van der Waals surface area contributed by atoms with E-state index in [2.05, 4.69) is 53.5 Å². The maximum absolute atomic E-state index is 12.4. The predicted octanol–water partition coefficient (Wildman–Crippen LogP) is 4.34. The van der Waals surface area contributed by atoms with Crippen LogP contribution in [0.25, 0.3) is 5.69 Å². The van der Waals surface area contributed by atoms with E-state index < -0.39 is 0 Å². The van der Waals surface area contributed by atoms with Crippen LogP contribution in [0.5, 0.6) is 0 Å². The van der Waals surface area contributed by atoms with Gasteiger partial charge in [0.15, 0.2) is 0 Å². The number of benzene rings is 2. The summed E-state index contributed by atoms with van der Waals surface area (Å²) in [5.41, 5.74) is 2.80. The van der Waals surface area contributed by atoms with Gasteiger partial charge in [0.05, 0.1) is 27.2 Å². The predicted molar refractivity (Wildman–Crippen MR) is 128 cm³/mol. The highest BCUT2D eigenvalue weighted by Crippen LogP contribution is 2.30. The molecule has 1 heterocycles. The average molecular weight is 490 g/mol. The molecule has 2 aromatic carbocycles. The second-order valence-electron chi connectivity index (χ2n) is 7.78. The molecule has 166 valence electrons. The molecule has 0 fully saturated rings. The number of aliphatic hydroxyl groups is 1. The molecular formula is C22H21Cl2N5O2S. The first-order valence-electron chi connectivity index (χ1n) is 9.60. The van der Waals surface area contributed by atoms with Gasteiger partial charge < -0.3 is 10.4 Å². The van der Waals surface area contributed by atoms with E-state index in [1.807, 2.05) is 18.2 Å². The number of nitrogens with one attached hydrogen (secondary N) is 1. The van der Waals surface area contributed by atoms with Crippen molar-refractivity contribution in [2.24, 2.45) is 0 Å². The van der Waals surface area contributed by atoms with Crippen LogP contribution in [-0.2, 0) is 10.2 Å². The number of hydrogen-bond donors (Lipinski definition) is 2. The fraction of sp³-hybridized carbons (Fsp3) is 0.273. The van der Waals surface area contributed by atoms with Gasteiger partial charge in [0.2, 0.25) is 11.1 Å². The van der Waals surface area contributed by atoms with Gasteiger partial charge in [-0.2, -0.15) is 4.68 Å². The number of aliphatic hydroxyl groups excluding tert-OH is 1. The summed E-state index contributed by atoms with van der Waals surface area (Å²) in [6.45, 7) is 6.09.